The average Bonchev–Trinajstić information content (AvgIpc) is 2.39. The van der Waals surface area contributed by atoms with Crippen LogP contribution < -0.4 is 10.0 Å². The molecule has 2 aromatic rings. The molecule has 0 radical (unpaired) electrons. The van der Waals surface area contributed by atoms with Crippen LogP contribution in [0.1, 0.15) is 10.4 Å². The summed E-state index contributed by atoms with van der Waals surface area (Å²) in [4.78, 5) is 12.2. The van der Waals surface area contributed by atoms with Crippen LogP contribution >= 0.6 is 31.8 Å². The molecule has 0 aliphatic rings. The van der Waals surface area contributed by atoms with Gasteiger partial charge in [0.2, 0.25) is 0 Å². The van der Waals surface area contributed by atoms with Crippen LogP contribution in [0.5, 0.6) is 5.75 Å². The van der Waals surface area contributed by atoms with Gasteiger partial charge in [0.05, 0.1) is 22.7 Å². The van der Waals surface area contributed by atoms with Crippen molar-refractivity contribution in [3.05, 3.63) is 58.1 Å². The van der Waals surface area contributed by atoms with Crippen LogP contribution in [0.2, 0.25) is 10.0 Å². The van der Waals surface area contributed by atoms with Gasteiger partial charge in [0.15, 0.2) is 5.52 Å². The Morgan fingerprint density at radius 3 is 2.10 bits per heavy atom. The van der Waals surface area contributed by atoms with E-state index in [1.165, 1.54) is 0 Å². The van der Waals surface area contributed by atoms with E-state index in [-0.39, 0.29) is 33.0 Å². The summed E-state index contributed by atoms with van der Waals surface area (Å²) in [5, 5.41) is 1.69. The van der Waals surface area contributed by atoms with Crippen LogP contribution in [-0.2, 0) is 0 Å². The van der Waals surface area contributed by atoms with Gasteiger partial charge < -0.3 is 4.74 Å². The molecular formula is C14H12Cl2LiO2P. The van der Waals surface area contributed by atoms with E-state index in [9.17, 15) is 4.79 Å². The Bertz CT molecular complexity index is 582. The summed E-state index contributed by atoms with van der Waals surface area (Å²) in [6.45, 7) is 0. The molecule has 1 unspecified atom stereocenters. The van der Waals surface area contributed by atoms with Crippen LogP contribution in [0, 0.1) is 0 Å². The van der Waals surface area contributed by atoms with Crippen molar-refractivity contribution < 1.29 is 9.53 Å². The van der Waals surface area contributed by atoms with E-state index in [2.05, 4.69) is 0 Å². The van der Waals surface area contributed by atoms with Crippen molar-refractivity contribution in [2.45, 2.75) is 0 Å². The molecule has 0 fully saturated rings. The Labute approximate surface area is 141 Å². The molecule has 6 heteroatoms. The summed E-state index contributed by atoms with van der Waals surface area (Å²) in [5.74, 6) is 0.761. The molecule has 2 rings (SSSR count). The van der Waals surface area contributed by atoms with Crippen molar-refractivity contribution in [2.75, 3.05) is 7.11 Å². The van der Waals surface area contributed by atoms with Gasteiger partial charge in [-0.05, 0) is 38.2 Å². The average molecular weight is 321 g/mol. The Morgan fingerprint density at radius 1 is 1.05 bits per heavy atom. The molecule has 0 amide bonds. The summed E-state index contributed by atoms with van der Waals surface area (Å²) in [5.41, 5.74) is 0.320. The summed E-state index contributed by atoms with van der Waals surface area (Å²) in [6, 6.07) is 12.4. The molecule has 0 saturated heterocycles. The molecule has 2 nitrogen and oxygen atoms in total. The molecule has 0 heterocycles. The number of carbonyl (C=O) groups is 1. The van der Waals surface area contributed by atoms with Gasteiger partial charge in [0.1, 0.15) is 5.75 Å². The number of hydrogen-bond donors (Lipinski definition) is 0. The topological polar surface area (TPSA) is 26.3 Å². The van der Waals surface area contributed by atoms with E-state index in [1.54, 1.807) is 25.3 Å². The Hall–Kier alpha value is -0.483. The molecule has 0 N–H and O–H groups in total. The minimum absolute atomic E-state index is 0. The second-order valence-corrected chi connectivity index (χ2v) is 5.88. The van der Waals surface area contributed by atoms with Gasteiger partial charge in [-0.2, -0.15) is 0 Å². The number of methoxy groups -OCH3 is 1. The molecule has 100 valence electrons. The van der Waals surface area contributed by atoms with E-state index in [1.807, 2.05) is 24.3 Å². The molecule has 0 aliphatic heterocycles. The first-order valence-electron chi connectivity index (χ1n) is 5.51. The molecule has 1 atom stereocenters. The molecule has 0 spiro atoms. The van der Waals surface area contributed by atoms with Crippen molar-refractivity contribution in [1.82, 2.24) is 0 Å². The second-order valence-electron chi connectivity index (χ2n) is 3.78. The number of benzene rings is 2. The first-order chi connectivity index (χ1) is 9.11. The second kappa shape index (κ2) is 8.08. The molecule has 0 aromatic heterocycles. The van der Waals surface area contributed by atoms with Crippen LogP contribution in [0.15, 0.2) is 42.5 Å². The quantitative estimate of drug-likeness (QED) is 0.636. The number of rotatable bonds is 4. The summed E-state index contributed by atoms with van der Waals surface area (Å²) >= 11 is 12.0. The van der Waals surface area contributed by atoms with Crippen LogP contribution in [0.25, 0.3) is 0 Å². The van der Waals surface area contributed by atoms with Crippen molar-refractivity contribution in [2.24, 2.45) is 0 Å². The van der Waals surface area contributed by atoms with Gasteiger partial charge in [-0.3, -0.25) is 4.79 Å². The fraction of sp³-hybridized carbons (Fsp3) is 0.0714. The standard InChI is InChI=1S/C14H11Cl2O2P.Li.H/c1-18-9-5-7-10(8-6-9)19-14(17)13-11(15)3-2-4-12(13)16;;/h2-8,19H,1H3;;. The summed E-state index contributed by atoms with van der Waals surface area (Å²) in [6.07, 6.45) is 0. The minimum atomic E-state index is -0.0687. The fourth-order valence-corrected chi connectivity index (χ4v) is 3.30. The maximum absolute atomic E-state index is 12.2. The Kier molecular flexibility index (Phi) is 7.10. The Balaban J connectivity index is 0.00000200. The third-order valence-electron chi connectivity index (χ3n) is 2.54. The Morgan fingerprint density at radius 2 is 1.60 bits per heavy atom. The molecule has 0 aliphatic carbocycles. The van der Waals surface area contributed by atoms with Gasteiger partial charge in [-0.1, -0.05) is 41.4 Å². The predicted molar refractivity (Wildman–Crippen MR) is 88.9 cm³/mol. The summed E-state index contributed by atoms with van der Waals surface area (Å²) < 4.78 is 5.07. The van der Waals surface area contributed by atoms with Crippen molar-refractivity contribution in [1.29, 1.82) is 0 Å². The number of hydrogen-bond acceptors (Lipinski definition) is 2. The van der Waals surface area contributed by atoms with Gasteiger partial charge in [-0.15, -0.1) is 0 Å². The van der Waals surface area contributed by atoms with E-state index in [4.69, 9.17) is 27.9 Å². The van der Waals surface area contributed by atoms with Crippen molar-refractivity contribution in [3.63, 3.8) is 0 Å². The number of carbonyl (C=O) groups excluding carboxylic acids is 1. The van der Waals surface area contributed by atoms with E-state index in [0.29, 0.717) is 15.6 Å². The number of ether oxygens (including phenoxy) is 1. The summed E-state index contributed by atoms with van der Waals surface area (Å²) in [7, 11) is 1.59. The third-order valence-corrected chi connectivity index (χ3v) is 4.27. The van der Waals surface area contributed by atoms with E-state index >= 15 is 0 Å². The van der Waals surface area contributed by atoms with Crippen LogP contribution in [0.4, 0.5) is 0 Å². The van der Waals surface area contributed by atoms with Crippen LogP contribution in [-0.4, -0.2) is 31.5 Å². The van der Waals surface area contributed by atoms with Gasteiger partial charge in [0, 0.05) is 0 Å². The SMILES string of the molecule is COc1ccc(PC(=O)c2c(Cl)cccc2Cl)cc1.[LiH]. The predicted octanol–water partition coefficient (Wildman–Crippen LogP) is 3.50. The first kappa shape index (κ1) is 17.6. The molecule has 2 aromatic carbocycles. The molecule has 0 bridgehead atoms. The van der Waals surface area contributed by atoms with Crippen molar-refractivity contribution in [3.8, 4) is 5.75 Å². The van der Waals surface area contributed by atoms with Crippen LogP contribution in [0.3, 0.4) is 0 Å². The molecule has 20 heavy (non-hydrogen) atoms. The molecule has 0 saturated carbocycles. The van der Waals surface area contributed by atoms with Crippen molar-refractivity contribution >= 4 is 61.5 Å². The van der Waals surface area contributed by atoms with Gasteiger partial charge in [-0.25, -0.2) is 0 Å². The zero-order valence-corrected chi connectivity index (χ0v) is 12.6. The fourth-order valence-electron chi connectivity index (χ4n) is 1.58. The van der Waals surface area contributed by atoms with E-state index < -0.39 is 0 Å². The van der Waals surface area contributed by atoms with Gasteiger partial charge >= 0.3 is 18.9 Å². The normalized spacial score (nSPS) is 10.3. The first-order valence-corrected chi connectivity index (χ1v) is 7.27. The zero-order chi connectivity index (χ0) is 13.8. The van der Waals surface area contributed by atoms with E-state index in [0.717, 1.165) is 11.1 Å². The number of halogens is 2. The zero-order valence-electron chi connectivity index (χ0n) is 10.1. The maximum atomic E-state index is 12.2. The third kappa shape index (κ3) is 4.25. The molecular weight excluding hydrogens is 309 g/mol. The van der Waals surface area contributed by atoms with Gasteiger partial charge in [0.25, 0.3) is 0 Å². The monoisotopic (exact) mass is 320 g/mol.